The molecule has 0 fully saturated rings. The van der Waals surface area contributed by atoms with Crippen LogP contribution in [-0.4, -0.2) is 12.0 Å². The van der Waals surface area contributed by atoms with Gasteiger partial charge in [-0.15, -0.1) is 11.8 Å². The molecule has 0 amide bonds. The zero-order chi connectivity index (χ0) is 21.7. The number of hydrogen-bond donors (Lipinski definition) is 1. The molecule has 2 nitrogen and oxygen atoms in total. The van der Waals surface area contributed by atoms with E-state index in [1.165, 1.54) is 22.6 Å². The fourth-order valence-electron chi connectivity index (χ4n) is 3.30. The van der Waals surface area contributed by atoms with Crippen LogP contribution in [0.3, 0.4) is 0 Å². The Kier molecular flexibility index (Phi) is 6.99. The molecule has 3 aromatic carbocycles. The maximum atomic E-state index is 13.3. The van der Waals surface area contributed by atoms with Crippen molar-refractivity contribution in [3.8, 4) is 0 Å². The van der Waals surface area contributed by atoms with E-state index >= 15 is 0 Å². The van der Waals surface area contributed by atoms with E-state index < -0.39 is 0 Å². The van der Waals surface area contributed by atoms with Crippen LogP contribution in [0.25, 0.3) is 0 Å². The number of halogens is 1. The van der Waals surface area contributed by atoms with Crippen LogP contribution in [-0.2, 0) is 5.41 Å². The fourth-order valence-corrected chi connectivity index (χ4v) is 3.70. The molecule has 0 radical (unpaired) electrons. The zero-order valence-corrected chi connectivity index (χ0v) is 18.7. The van der Waals surface area contributed by atoms with Gasteiger partial charge in [0.2, 0.25) is 0 Å². The Labute approximate surface area is 182 Å². The molecule has 0 aliphatic rings. The molecule has 0 aliphatic carbocycles. The molecule has 0 aromatic heterocycles. The van der Waals surface area contributed by atoms with Gasteiger partial charge in [-0.25, -0.2) is 4.39 Å². The predicted molar refractivity (Wildman–Crippen MR) is 125 cm³/mol. The van der Waals surface area contributed by atoms with Crippen molar-refractivity contribution in [2.45, 2.75) is 43.5 Å². The number of thioether (sulfide) groups is 1. The van der Waals surface area contributed by atoms with Crippen LogP contribution < -0.4 is 5.32 Å². The van der Waals surface area contributed by atoms with Gasteiger partial charge in [-0.05, 0) is 59.2 Å². The second-order valence-electron chi connectivity index (χ2n) is 8.43. The van der Waals surface area contributed by atoms with Crippen molar-refractivity contribution in [3.05, 3.63) is 95.3 Å². The lowest BCUT2D eigenvalue weighted by Crippen LogP contribution is -2.16. The summed E-state index contributed by atoms with van der Waals surface area (Å²) in [7, 11) is 0. The molecule has 0 saturated carbocycles. The van der Waals surface area contributed by atoms with E-state index in [1.807, 2.05) is 42.7 Å². The van der Waals surface area contributed by atoms with E-state index in [0.717, 1.165) is 11.3 Å². The third-order valence-corrected chi connectivity index (χ3v) is 5.91. The van der Waals surface area contributed by atoms with Gasteiger partial charge in [0.25, 0.3) is 0 Å². The number of Topliss-reactive ketones (excluding diaryl/α,β-unsaturated/α-hetero) is 1. The molecule has 156 valence electrons. The Morgan fingerprint density at radius 3 is 2.07 bits per heavy atom. The smallest absolute Gasteiger partial charge is 0.165 e. The van der Waals surface area contributed by atoms with Gasteiger partial charge in [-0.1, -0.05) is 57.2 Å². The summed E-state index contributed by atoms with van der Waals surface area (Å²) < 4.78 is 13.3. The second kappa shape index (κ2) is 9.48. The first-order chi connectivity index (χ1) is 14.3. The number of nitrogens with one attached hydrogen (secondary N) is 1. The average Bonchev–Trinajstić information content (AvgIpc) is 2.74. The van der Waals surface area contributed by atoms with Crippen molar-refractivity contribution >= 4 is 23.2 Å². The Balaban J connectivity index is 1.83. The van der Waals surface area contributed by atoms with Gasteiger partial charge in [-0.3, -0.25) is 4.79 Å². The number of benzene rings is 3. The molecule has 4 heteroatoms. The lowest BCUT2D eigenvalue weighted by atomic mass is 9.86. The van der Waals surface area contributed by atoms with Gasteiger partial charge in [-0.2, -0.15) is 0 Å². The summed E-state index contributed by atoms with van der Waals surface area (Å²) in [5.74, 6) is -0.208. The highest BCUT2D eigenvalue weighted by molar-refractivity contribution is 7.98. The summed E-state index contributed by atoms with van der Waals surface area (Å²) in [4.78, 5) is 14.2. The maximum Gasteiger partial charge on any atom is 0.165 e. The molecule has 3 rings (SSSR count). The molecule has 0 bridgehead atoms. The molecule has 0 spiro atoms. The Bertz CT molecular complexity index is 974. The van der Waals surface area contributed by atoms with Crippen molar-refractivity contribution in [2.24, 2.45) is 0 Å². The van der Waals surface area contributed by atoms with E-state index in [1.54, 1.807) is 23.9 Å². The first-order valence-electron chi connectivity index (χ1n) is 10.1. The van der Waals surface area contributed by atoms with Gasteiger partial charge >= 0.3 is 0 Å². The minimum absolute atomic E-state index is 0.0489. The van der Waals surface area contributed by atoms with Gasteiger partial charge in [0.05, 0.1) is 6.04 Å². The van der Waals surface area contributed by atoms with E-state index in [-0.39, 0.29) is 23.1 Å². The third kappa shape index (κ3) is 5.73. The molecular weight excluding hydrogens is 393 g/mol. The SMILES string of the molecule is CSc1ccc([C@@H](CC(=O)c2ccc(C(C)(C)C)cc2)Nc2ccc(F)cc2)cc1. The van der Waals surface area contributed by atoms with Crippen molar-refractivity contribution in [3.63, 3.8) is 0 Å². The zero-order valence-electron chi connectivity index (χ0n) is 17.9. The highest BCUT2D eigenvalue weighted by Crippen LogP contribution is 2.28. The highest BCUT2D eigenvalue weighted by Gasteiger charge is 2.19. The quantitative estimate of drug-likeness (QED) is 0.321. The summed E-state index contributed by atoms with van der Waals surface area (Å²) in [6.45, 7) is 6.47. The van der Waals surface area contributed by atoms with Crippen LogP contribution in [0.15, 0.2) is 77.7 Å². The van der Waals surface area contributed by atoms with Crippen molar-refractivity contribution < 1.29 is 9.18 Å². The largest absolute Gasteiger partial charge is 0.378 e. The summed E-state index contributed by atoms with van der Waals surface area (Å²) in [6, 6.07) is 22.1. The summed E-state index contributed by atoms with van der Waals surface area (Å²) >= 11 is 1.68. The third-order valence-electron chi connectivity index (χ3n) is 5.17. The Hall–Kier alpha value is -2.59. The van der Waals surface area contributed by atoms with E-state index in [0.29, 0.717) is 12.0 Å². The molecule has 1 N–H and O–H groups in total. The molecule has 0 unspecified atom stereocenters. The fraction of sp³-hybridized carbons (Fsp3) is 0.269. The number of carbonyl (C=O) groups excluding carboxylic acids is 1. The van der Waals surface area contributed by atoms with Crippen molar-refractivity contribution in [1.29, 1.82) is 0 Å². The van der Waals surface area contributed by atoms with E-state index in [4.69, 9.17) is 0 Å². The number of carbonyl (C=O) groups is 1. The maximum absolute atomic E-state index is 13.3. The number of anilines is 1. The molecule has 0 saturated heterocycles. The van der Waals surface area contributed by atoms with Crippen LogP contribution in [0.2, 0.25) is 0 Å². The predicted octanol–water partition coefficient (Wildman–Crippen LogP) is 7.27. The topological polar surface area (TPSA) is 29.1 Å². The van der Waals surface area contributed by atoms with Crippen LogP contribution >= 0.6 is 11.8 Å². The number of rotatable bonds is 7. The first-order valence-corrected chi connectivity index (χ1v) is 11.3. The Morgan fingerprint density at radius 1 is 0.933 bits per heavy atom. The number of hydrogen-bond acceptors (Lipinski definition) is 3. The minimum Gasteiger partial charge on any atom is -0.378 e. The van der Waals surface area contributed by atoms with Crippen molar-refractivity contribution in [2.75, 3.05) is 11.6 Å². The standard InChI is InChI=1S/C26H28FNOS/c1-26(2,3)20-9-5-19(6-10-20)25(29)17-24(18-7-15-23(30-4)16-8-18)28-22-13-11-21(27)12-14-22/h5-16,24,28H,17H2,1-4H3/t24-/m1/s1. The van der Waals surface area contributed by atoms with Crippen molar-refractivity contribution in [1.82, 2.24) is 0 Å². The molecule has 0 heterocycles. The highest BCUT2D eigenvalue weighted by atomic mass is 32.2. The van der Waals surface area contributed by atoms with Crippen LogP contribution in [0.1, 0.15) is 54.7 Å². The van der Waals surface area contributed by atoms with Crippen LogP contribution in [0.4, 0.5) is 10.1 Å². The summed E-state index contributed by atoms with van der Waals surface area (Å²) in [6.07, 6.45) is 2.35. The molecule has 0 aliphatic heterocycles. The normalized spacial score (nSPS) is 12.4. The van der Waals surface area contributed by atoms with Gasteiger partial charge in [0, 0.05) is 22.6 Å². The lowest BCUT2D eigenvalue weighted by molar-refractivity contribution is 0.0976. The monoisotopic (exact) mass is 421 g/mol. The lowest BCUT2D eigenvalue weighted by Gasteiger charge is -2.21. The molecular formula is C26H28FNOS. The average molecular weight is 422 g/mol. The number of ketones is 1. The molecule has 1 atom stereocenters. The van der Waals surface area contributed by atoms with Gasteiger partial charge < -0.3 is 5.32 Å². The van der Waals surface area contributed by atoms with E-state index in [2.05, 4.69) is 38.2 Å². The minimum atomic E-state index is -0.281. The van der Waals surface area contributed by atoms with Gasteiger partial charge in [0.15, 0.2) is 5.78 Å². The molecule has 30 heavy (non-hydrogen) atoms. The molecule has 3 aromatic rings. The summed E-state index contributed by atoms with van der Waals surface area (Å²) in [5, 5.41) is 3.40. The Morgan fingerprint density at radius 2 is 1.53 bits per heavy atom. The van der Waals surface area contributed by atoms with Crippen LogP contribution in [0.5, 0.6) is 0 Å². The first kappa shape index (κ1) is 22.1. The van der Waals surface area contributed by atoms with E-state index in [9.17, 15) is 9.18 Å². The summed E-state index contributed by atoms with van der Waals surface area (Å²) in [5.41, 5.74) is 3.76. The van der Waals surface area contributed by atoms with Crippen LogP contribution in [0, 0.1) is 5.82 Å². The second-order valence-corrected chi connectivity index (χ2v) is 9.31. The van der Waals surface area contributed by atoms with Gasteiger partial charge in [0.1, 0.15) is 5.82 Å².